The molecule has 0 bridgehead atoms. The van der Waals surface area contributed by atoms with Gasteiger partial charge in [-0.05, 0) is 32.9 Å². The Morgan fingerprint density at radius 2 is 1.95 bits per heavy atom. The van der Waals surface area contributed by atoms with E-state index in [1.54, 1.807) is 11.3 Å². The quantitative estimate of drug-likeness (QED) is 0.881. The monoisotopic (exact) mass is 290 g/mol. The number of aromatic nitrogens is 1. The molecule has 2 rings (SSSR count). The van der Waals surface area contributed by atoms with E-state index in [1.165, 1.54) is 4.88 Å². The Hall–Kier alpha value is -1.39. The molecule has 3 nitrogen and oxygen atoms in total. The molecule has 0 amide bonds. The highest BCUT2D eigenvalue weighted by Crippen LogP contribution is 2.15. The van der Waals surface area contributed by atoms with Gasteiger partial charge in [0.1, 0.15) is 5.75 Å². The number of nitrogens with zero attached hydrogens (tertiary/aromatic N) is 1. The second-order valence-electron chi connectivity index (χ2n) is 5.74. The highest BCUT2D eigenvalue weighted by atomic mass is 32.1. The van der Waals surface area contributed by atoms with Gasteiger partial charge in [-0.15, -0.1) is 11.3 Å². The van der Waals surface area contributed by atoms with E-state index in [0.717, 1.165) is 23.7 Å². The van der Waals surface area contributed by atoms with Crippen molar-refractivity contribution in [2.24, 2.45) is 0 Å². The Morgan fingerprint density at radius 1 is 1.20 bits per heavy atom. The van der Waals surface area contributed by atoms with Crippen LogP contribution in [0.2, 0.25) is 0 Å². The van der Waals surface area contributed by atoms with E-state index in [9.17, 15) is 0 Å². The van der Waals surface area contributed by atoms with Crippen molar-refractivity contribution < 1.29 is 4.74 Å². The first-order chi connectivity index (χ1) is 9.53. The van der Waals surface area contributed by atoms with E-state index in [-0.39, 0.29) is 5.54 Å². The van der Waals surface area contributed by atoms with Gasteiger partial charge in [0.15, 0.2) is 0 Å². The zero-order valence-electron chi connectivity index (χ0n) is 12.3. The Kier molecular flexibility index (Phi) is 5.15. The zero-order valence-corrected chi connectivity index (χ0v) is 13.2. The summed E-state index contributed by atoms with van der Waals surface area (Å²) in [6.45, 7) is 8.05. The standard InChI is InChI=1S/C16H22N2OS/c1-16(2,3)18-12-14-11-17-15(20-14)9-10-19-13-7-5-4-6-8-13/h4-8,11,18H,9-10,12H2,1-3H3. The number of benzene rings is 1. The molecule has 20 heavy (non-hydrogen) atoms. The molecule has 0 fully saturated rings. The van der Waals surface area contributed by atoms with Gasteiger partial charge in [-0.1, -0.05) is 18.2 Å². The molecule has 0 aliphatic heterocycles. The molecule has 0 aliphatic carbocycles. The molecule has 4 heteroatoms. The van der Waals surface area contributed by atoms with Gasteiger partial charge in [0.05, 0.1) is 11.6 Å². The fourth-order valence-electron chi connectivity index (χ4n) is 1.67. The second kappa shape index (κ2) is 6.86. The number of thiazole rings is 1. The van der Waals surface area contributed by atoms with E-state index in [0.29, 0.717) is 6.61 Å². The summed E-state index contributed by atoms with van der Waals surface area (Å²) in [5, 5.41) is 4.60. The number of hydrogen-bond acceptors (Lipinski definition) is 4. The van der Waals surface area contributed by atoms with Gasteiger partial charge < -0.3 is 10.1 Å². The van der Waals surface area contributed by atoms with E-state index >= 15 is 0 Å². The number of nitrogens with one attached hydrogen (secondary N) is 1. The Morgan fingerprint density at radius 3 is 2.65 bits per heavy atom. The molecule has 0 saturated carbocycles. The van der Waals surface area contributed by atoms with Crippen LogP contribution >= 0.6 is 11.3 Å². The van der Waals surface area contributed by atoms with Crippen LogP contribution in [0.15, 0.2) is 36.5 Å². The highest BCUT2D eigenvalue weighted by Gasteiger charge is 2.10. The summed E-state index contributed by atoms with van der Waals surface area (Å²) in [6.07, 6.45) is 2.82. The summed E-state index contributed by atoms with van der Waals surface area (Å²) >= 11 is 1.76. The minimum absolute atomic E-state index is 0.139. The van der Waals surface area contributed by atoms with Crippen LogP contribution in [0.3, 0.4) is 0 Å². The maximum Gasteiger partial charge on any atom is 0.119 e. The van der Waals surface area contributed by atoms with E-state index in [4.69, 9.17) is 4.74 Å². The molecule has 0 spiro atoms. The molecule has 1 aromatic carbocycles. The number of rotatable bonds is 6. The Bertz CT molecular complexity index is 517. The van der Waals surface area contributed by atoms with Gasteiger partial charge >= 0.3 is 0 Å². The van der Waals surface area contributed by atoms with Gasteiger partial charge in [0.2, 0.25) is 0 Å². The maximum absolute atomic E-state index is 5.68. The molecule has 0 radical (unpaired) electrons. The first-order valence-corrected chi connectivity index (χ1v) is 7.71. The number of ether oxygens (including phenoxy) is 1. The van der Waals surface area contributed by atoms with Gasteiger partial charge in [-0.3, -0.25) is 0 Å². The molecular weight excluding hydrogens is 268 g/mol. The van der Waals surface area contributed by atoms with Crippen molar-refractivity contribution in [3.63, 3.8) is 0 Å². The van der Waals surface area contributed by atoms with Crippen LogP contribution in [0.4, 0.5) is 0 Å². The van der Waals surface area contributed by atoms with E-state index in [2.05, 4.69) is 31.1 Å². The first-order valence-electron chi connectivity index (χ1n) is 6.89. The van der Waals surface area contributed by atoms with Gasteiger partial charge in [-0.2, -0.15) is 0 Å². The predicted molar refractivity (Wildman–Crippen MR) is 84.3 cm³/mol. The van der Waals surface area contributed by atoms with Crippen LogP contribution in [0, 0.1) is 0 Å². The Labute approximate surface area is 125 Å². The second-order valence-corrected chi connectivity index (χ2v) is 6.94. The third-order valence-corrected chi connectivity index (χ3v) is 3.78. The maximum atomic E-state index is 5.68. The van der Waals surface area contributed by atoms with Gasteiger partial charge in [0, 0.05) is 29.6 Å². The topological polar surface area (TPSA) is 34.2 Å². The predicted octanol–water partition coefficient (Wildman–Crippen LogP) is 3.65. The van der Waals surface area contributed by atoms with Crippen molar-refractivity contribution in [3.05, 3.63) is 46.4 Å². The fourth-order valence-corrected chi connectivity index (χ4v) is 2.51. The summed E-state index contributed by atoms with van der Waals surface area (Å²) in [4.78, 5) is 5.72. The van der Waals surface area contributed by atoms with Crippen LogP contribution < -0.4 is 10.1 Å². The SMILES string of the molecule is CC(C)(C)NCc1cnc(CCOc2ccccc2)s1. The number of para-hydroxylation sites is 1. The minimum atomic E-state index is 0.139. The van der Waals surface area contributed by atoms with Gasteiger partial charge in [0.25, 0.3) is 0 Å². The first kappa shape index (κ1) is 15.0. The van der Waals surface area contributed by atoms with Crippen molar-refractivity contribution in [2.45, 2.75) is 39.3 Å². The lowest BCUT2D eigenvalue weighted by Gasteiger charge is -2.19. The molecule has 0 atom stereocenters. The molecule has 1 aromatic heterocycles. The summed E-state index contributed by atoms with van der Waals surface area (Å²) in [5.41, 5.74) is 0.139. The summed E-state index contributed by atoms with van der Waals surface area (Å²) < 4.78 is 5.68. The van der Waals surface area contributed by atoms with Gasteiger partial charge in [-0.25, -0.2) is 4.98 Å². The van der Waals surface area contributed by atoms with Crippen molar-refractivity contribution >= 4 is 11.3 Å². The minimum Gasteiger partial charge on any atom is -0.493 e. The van der Waals surface area contributed by atoms with Crippen molar-refractivity contribution in [2.75, 3.05) is 6.61 Å². The summed E-state index contributed by atoms with van der Waals surface area (Å²) in [5.74, 6) is 0.915. The number of hydrogen-bond donors (Lipinski definition) is 1. The lowest BCUT2D eigenvalue weighted by atomic mass is 10.1. The third-order valence-electron chi connectivity index (χ3n) is 2.72. The average molecular weight is 290 g/mol. The average Bonchev–Trinajstić information content (AvgIpc) is 2.85. The normalized spacial score (nSPS) is 11.6. The molecule has 0 saturated heterocycles. The molecule has 0 aliphatic rings. The molecule has 2 aromatic rings. The lowest BCUT2D eigenvalue weighted by molar-refractivity contribution is 0.322. The molecule has 1 heterocycles. The van der Waals surface area contributed by atoms with Crippen LogP contribution in [-0.4, -0.2) is 17.1 Å². The van der Waals surface area contributed by atoms with Crippen LogP contribution in [0.1, 0.15) is 30.7 Å². The van der Waals surface area contributed by atoms with Crippen molar-refractivity contribution in [3.8, 4) is 5.75 Å². The largest absolute Gasteiger partial charge is 0.493 e. The van der Waals surface area contributed by atoms with E-state index < -0.39 is 0 Å². The van der Waals surface area contributed by atoms with Crippen molar-refractivity contribution in [1.29, 1.82) is 0 Å². The molecule has 1 N–H and O–H groups in total. The fraction of sp³-hybridized carbons (Fsp3) is 0.438. The molecule has 108 valence electrons. The van der Waals surface area contributed by atoms with Crippen molar-refractivity contribution in [1.82, 2.24) is 10.3 Å². The van der Waals surface area contributed by atoms with E-state index in [1.807, 2.05) is 36.5 Å². The third kappa shape index (κ3) is 5.31. The molecular formula is C16H22N2OS. The summed E-state index contributed by atoms with van der Waals surface area (Å²) in [6, 6.07) is 9.90. The Balaban J connectivity index is 1.75. The lowest BCUT2D eigenvalue weighted by Crippen LogP contribution is -2.34. The van der Waals surface area contributed by atoms with Crippen LogP contribution in [0.5, 0.6) is 5.75 Å². The van der Waals surface area contributed by atoms with Crippen LogP contribution in [-0.2, 0) is 13.0 Å². The zero-order chi connectivity index (χ0) is 14.4. The smallest absolute Gasteiger partial charge is 0.119 e. The highest BCUT2D eigenvalue weighted by molar-refractivity contribution is 7.11. The summed E-state index contributed by atoms with van der Waals surface area (Å²) in [7, 11) is 0. The van der Waals surface area contributed by atoms with Crippen LogP contribution in [0.25, 0.3) is 0 Å². The molecule has 0 unspecified atom stereocenters.